The second kappa shape index (κ2) is 6.97. The van der Waals surface area contributed by atoms with Crippen molar-refractivity contribution in [1.29, 1.82) is 0 Å². The monoisotopic (exact) mass is 397 g/mol. The van der Waals surface area contributed by atoms with Crippen molar-refractivity contribution in [1.82, 2.24) is 15.3 Å². The highest BCUT2D eigenvalue weighted by atomic mass is 19.1. The number of fused-ring (bicyclic) bond motifs is 2. The number of amides is 1. The van der Waals surface area contributed by atoms with Crippen LogP contribution in [0.25, 0.3) is 0 Å². The molecule has 0 radical (unpaired) electrons. The number of carbonyl (C=O) groups excluding carboxylic acids is 1. The van der Waals surface area contributed by atoms with E-state index in [0.717, 1.165) is 17.1 Å². The molecular weight excluding hydrogens is 377 g/mol. The van der Waals surface area contributed by atoms with Crippen LogP contribution >= 0.6 is 0 Å². The van der Waals surface area contributed by atoms with Crippen LogP contribution in [-0.4, -0.2) is 35.8 Å². The first kappa shape index (κ1) is 17.8. The molecule has 3 aliphatic heterocycles. The molecule has 3 heterocycles. The molecule has 1 amide bonds. The van der Waals surface area contributed by atoms with Gasteiger partial charge in [0.05, 0.1) is 19.7 Å². The maximum atomic E-state index is 14.0. The summed E-state index contributed by atoms with van der Waals surface area (Å²) in [4.78, 5) is 14.6. The van der Waals surface area contributed by atoms with Crippen LogP contribution in [-0.2, 0) is 11.3 Å². The minimum absolute atomic E-state index is 0.0125. The third-order valence-corrected chi connectivity index (χ3v) is 5.44. The fraction of sp³-hybridized carbons (Fsp3) is 0.286. The topological polar surface area (TPSA) is 63.3 Å². The summed E-state index contributed by atoms with van der Waals surface area (Å²) in [6.07, 6.45) is 4.19. The number of benzene rings is 2. The van der Waals surface area contributed by atoms with E-state index in [1.54, 1.807) is 23.2 Å². The van der Waals surface area contributed by atoms with Gasteiger partial charge >= 0.3 is 0 Å². The van der Waals surface area contributed by atoms with Gasteiger partial charge in [0.25, 0.3) is 5.91 Å². The third-order valence-electron chi connectivity index (χ3n) is 5.44. The smallest absolute Gasteiger partial charge is 0.251 e. The van der Waals surface area contributed by atoms with Crippen molar-refractivity contribution in [2.45, 2.75) is 25.0 Å². The molecule has 2 atom stereocenters. The summed E-state index contributed by atoms with van der Waals surface area (Å²) >= 11 is 0. The summed E-state index contributed by atoms with van der Waals surface area (Å²) in [6, 6.07) is 10.2. The number of hydrogen-bond acceptors (Lipinski definition) is 6. The third kappa shape index (κ3) is 3.15. The summed E-state index contributed by atoms with van der Waals surface area (Å²) in [5.41, 5.74) is 5.10. The van der Waals surface area contributed by atoms with Crippen LogP contribution in [0, 0.1) is 5.82 Å². The molecule has 5 rings (SSSR count). The summed E-state index contributed by atoms with van der Waals surface area (Å²) in [5.74, 6) is 1.18. The van der Waals surface area contributed by atoms with Gasteiger partial charge in [-0.15, -0.1) is 0 Å². The molecule has 2 aromatic carbocycles. The lowest BCUT2D eigenvalue weighted by Crippen LogP contribution is -2.47. The predicted octanol–water partition coefficient (Wildman–Crippen LogP) is 2.70. The van der Waals surface area contributed by atoms with E-state index in [1.807, 2.05) is 29.4 Å². The zero-order valence-electron chi connectivity index (χ0n) is 15.8. The van der Waals surface area contributed by atoms with Gasteiger partial charge < -0.3 is 24.1 Å². The molecule has 2 aromatic rings. The van der Waals surface area contributed by atoms with Crippen LogP contribution in [0.4, 0.5) is 4.39 Å². The largest absolute Gasteiger partial charge is 0.494 e. The van der Waals surface area contributed by atoms with E-state index < -0.39 is 5.82 Å². The Morgan fingerprint density at radius 1 is 1.17 bits per heavy atom. The van der Waals surface area contributed by atoms with Gasteiger partial charge in [0, 0.05) is 12.4 Å². The van der Waals surface area contributed by atoms with Crippen LogP contribution in [0.3, 0.4) is 0 Å². The van der Waals surface area contributed by atoms with E-state index in [2.05, 4.69) is 5.43 Å². The molecule has 7 nitrogen and oxygen atoms in total. The van der Waals surface area contributed by atoms with Crippen molar-refractivity contribution in [3.63, 3.8) is 0 Å². The van der Waals surface area contributed by atoms with Crippen molar-refractivity contribution in [2.24, 2.45) is 0 Å². The molecular formula is C21H20FN3O4. The minimum Gasteiger partial charge on any atom is -0.494 e. The maximum Gasteiger partial charge on any atom is 0.251 e. The fourth-order valence-electron chi connectivity index (χ4n) is 3.92. The van der Waals surface area contributed by atoms with E-state index in [4.69, 9.17) is 14.2 Å². The summed E-state index contributed by atoms with van der Waals surface area (Å²) in [6.45, 7) is 0.531. The standard InChI is InChI=1S/C21H20FN3O4/c1-27-18-4-2-13(8-15(18)22)11-24-6-7-25-17(21(24)26)10-16(23-25)14-3-5-19-20(9-14)29-12-28-19/h2-9,16-17,23H,10-12H2,1H3. The molecule has 3 aliphatic rings. The van der Waals surface area contributed by atoms with Gasteiger partial charge in [-0.05, 0) is 41.8 Å². The Morgan fingerprint density at radius 2 is 2.03 bits per heavy atom. The zero-order chi connectivity index (χ0) is 20.0. The van der Waals surface area contributed by atoms with Crippen LogP contribution < -0.4 is 19.6 Å². The highest BCUT2D eigenvalue weighted by Gasteiger charge is 2.40. The van der Waals surface area contributed by atoms with Gasteiger partial charge in [-0.1, -0.05) is 12.1 Å². The molecule has 2 unspecified atom stereocenters. The molecule has 0 saturated carbocycles. The van der Waals surface area contributed by atoms with E-state index >= 15 is 0 Å². The molecule has 1 N–H and O–H groups in total. The number of halogens is 1. The highest BCUT2D eigenvalue weighted by molar-refractivity contribution is 5.84. The number of hydrazine groups is 1. The Labute approximate surface area is 167 Å². The Hall–Kier alpha value is -3.26. The number of ether oxygens (including phenoxy) is 3. The Bertz CT molecular complexity index is 996. The first-order valence-corrected chi connectivity index (χ1v) is 9.37. The molecule has 8 heteroatoms. The van der Waals surface area contributed by atoms with E-state index in [-0.39, 0.29) is 30.5 Å². The average Bonchev–Trinajstić information content (AvgIpc) is 3.37. The summed E-state index contributed by atoms with van der Waals surface area (Å²) in [5, 5.41) is 1.84. The Morgan fingerprint density at radius 3 is 2.86 bits per heavy atom. The second-order valence-corrected chi connectivity index (χ2v) is 7.19. The minimum atomic E-state index is -0.439. The van der Waals surface area contributed by atoms with Crippen molar-refractivity contribution >= 4 is 5.91 Å². The molecule has 0 bridgehead atoms. The molecule has 0 aromatic heterocycles. The fourth-order valence-corrected chi connectivity index (χ4v) is 3.92. The number of nitrogens with one attached hydrogen (secondary N) is 1. The van der Waals surface area contributed by atoms with Crippen LogP contribution in [0.15, 0.2) is 48.8 Å². The molecule has 1 fully saturated rings. The number of rotatable bonds is 4. The predicted molar refractivity (Wildman–Crippen MR) is 101 cm³/mol. The van der Waals surface area contributed by atoms with Gasteiger partial charge in [0.2, 0.25) is 6.79 Å². The first-order valence-electron chi connectivity index (χ1n) is 9.37. The molecule has 29 heavy (non-hydrogen) atoms. The number of methoxy groups -OCH3 is 1. The van der Waals surface area contributed by atoms with Gasteiger partial charge in [-0.2, -0.15) is 0 Å². The van der Waals surface area contributed by atoms with Crippen molar-refractivity contribution in [2.75, 3.05) is 13.9 Å². The summed E-state index contributed by atoms with van der Waals surface area (Å²) < 4.78 is 29.7. The lowest BCUT2D eigenvalue weighted by molar-refractivity contribution is -0.134. The van der Waals surface area contributed by atoms with Gasteiger partial charge in [0.1, 0.15) is 6.04 Å². The van der Waals surface area contributed by atoms with Crippen LogP contribution in [0.5, 0.6) is 17.2 Å². The lowest BCUT2D eigenvalue weighted by Gasteiger charge is -2.31. The zero-order valence-corrected chi connectivity index (χ0v) is 15.8. The van der Waals surface area contributed by atoms with Crippen molar-refractivity contribution in [3.05, 3.63) is 65.7 Å². The highest BCUT2D eigenvalue weighted by Crippen LogP contribution is 2.38. The lowest BCUT2D eigenvalue weighted by atomic mass is 10.0. The van der Waals surface area contributed by atoms with E-state index in [0.29, 0.717) is 18.5 Å². The average molecular weight is 397 g/mol. The van der Waals surface area contributed by atoms with Crippen LogP contribution in [0.1, 0.15) is 23.6 Å². The van der Waals surface area contributed by atoms with Gasteiger partial charge in [-0.25, -0.2) is 9.82 Å². The molecule has 0 spiro atoms. The van der Waals surface area contributed by atoms with Crippen LogP contribution in [0.2, 0.25) is 0 Å². The molecule has 1 saturated heterocycles. The Balaban J connectivity index is 1.30. The first-order chi connectivity index (χ1) is 14.1. The maximum absolute atomic E-state index is 14.0. The van der Waals surface area contributed by atoms with E-state index in [9.17, 15) is 9.18 Å². The molecule has 0 aliphatic carbocycles. The quantitative estimate of drug-likeness (QED) is 0.856. The van der Waals surface area contributed by atoms with E-state index in [1.165, 1.54) is 13.2 Å². The van der Waals surface area contributed by atoms with Gasteiger partial charge in [-0.3, -0.25) is 4.79 Å². The number of carbonyl (C=O) groups is 1. The number of nitrogens with zero attached hydrogens (tertiary/aromatic N) is 2. The van der Waals surface area contributed by atoms with Crippen molar-refractivity contribution < 1.29 is 23.4 Å². The Kier molecular flexibility index (Phi) is 4.28. The summed E-state index contributed by atoms with van der Waals surface area (Å²) in [7, 11) is 1.42. The SMILES string of the molecule is COc1ccc(CN2C=CN3NC(c4ccc5c(c4)OCO5)CC3C2=O)cc1F. The normalized spacial score (nSPS) is 22.2. The van der Waals surface area contributed by atoms with Gasteiger partial charge in [0.15, 0.2) is 23.1 Å². The molecule has 150 valence electrons. The second-order valence-electron chi connectivity index (χ2n) is 7.19. The van der Waals surface area contributed by atoms with Crippen molar-refractivity contribution in [3.8, 4) is 17.2 Å². The number of hydrogen-bond donors (Lipinski definition) is 1.